The average Bonchev–Trinajstić information content (AvgIpc) is 3.11. The molecule has 6 heteroatoms. The summed E-state index contributed by atoms with van der Waals surface area (Å²) in [4.78, 5) is 17.3. The highest BCUT2D eigenvalue weighted by molar-refractivity contribution is 6.09. The number of aryl methyl sites for hydroxylation is 1. The van der Waals surface area contributed by atoms with Crippen LogP contribution in [0.15, 0.2) is 42.5 Å². The highest BCUT2D eigenvalue weighted by atomic mass is 16.5. The van der Waals surface area contributed by atoms with E-state index in [1.165, 1.54) is 12.0 Å². The Morgan fingerprint density at radius 2 is 1.71 bits per heavy atom. The summed E-state index contributed by atoms with van der Waals surface area (Å²) < 4.78 is 8.10. The first-order valence-electron chi connectivity index (χ1n) is 12.4. The lowest BCUT2D eigenvalue weighted by Gasteiger charge is -2.35. The second-order valence-corrected chi connectivity index (χ2v) is 9.47. The van der Waals surface area contributed by atoms with E-state index in [1.807, 2.05) is 25.1 Å². The molecule has 6 nitrogen and oxygen atoms in total. The zero-order valence-corrected chi connectivity index (χ0v) is 20.9. The number of carbonyl (C=O) groups excluding carboxylic acids is 1. The Hall–Kier alpha value is -2.67. The number of aliphatic hydroxyl groups excluding tert-OH is 1. The van der Waals surface area contributed by atoms with Crippen molar-refractivity contribution >= 4 is 16.7 Å². The quantitative estimate of drug-likeness (QED) is 0.482. The van der Waals surface area contributed by atoms with Gasteiger partial charge in [0.05, 0.1) is 5.52 Å². The number of hydrogen-bond acceptors (Lipinski definition) is 5. The fourth-order valence-corrected chi connectivity index (χ4v) is 5.01. The van der Waals surface area contributed by atoms with Crippen LogP contribution in [-0.4, -0.2) is 77.2 Å². The summed E-state index contributed by atoms with van der Waals surface area (Å²) in [6.07, 6.45) is 0.625. The number of nitrogens with zero attached hydrogens (tertiary/aromatic N) is 3. The first-order chi connectivity index (χ1) is 16.4. The number of carbonyl (C=O) groups is 1. The van der Waals surface area contributed by atoms with Gasteiger partial charge in [-0.25, -0.2) is 0 Å². The summed E-state index contributed by atoms with van der Waals surface area (Å²) in [6, 6.07) is 14.2. The lowest BCUT2D eigenvalue weighted by molar-refractivity contribution is 0.0461. The van der Waals surface area contributed by atoms with Crippen LogP contribution in [-0.2, 0) is 0 Å². The number of benzene rings is 2. The third-order valence-electron chi connectivity index (χ3n) is 6.74. The van der Waals surface area contributed by atoms with Gasteiger partial charge in [-0.3, -0.25) is 9.69 Å². The smallest absolute Gasteiger partial charge is 0.162 e. The number of hydrogen-bond donors (Lipinski definition) is 1. The average molecular weight is 464 g/mol. The number of Topliss-reactive ketones (excluding diaryl/α,β-unsaturated/α-hetero) is 1. The van der Waals surface area contributed by atoms with Gasteiger partial charge in [-0.05, 0) is 64.1 Å². The van der Waals surface area contributed by atoms with Crippen molar-refractivity contribution in [1.82, 2.24) is 14.4 Å². The monoisotopic (exact) mass is 463 g/mol. The highest BCUT2D eigenvalue weighted by Gasteiger charge is 2.21. The van der Waals surface area contributed by atoms with Gasteiger partial charge in [0.15, 0.2) is 5.78 Å². The summed E-state index contributed by atoms with van der Waals surface area (Å²) in [5.74, 6) is 0.704. The molecule has 1 aliphatic heterocycles. The number of fused-ring (bicyclic) bond motifs is 1. The lowest BCUT2D eigenvalue weighted by atomic mass is 10.1. The standard InChI is InChI=1S/C28H37N3O3/c1-5-12-29-13-15-30(16-14-29)18-24(33)19-34-25-10-11-27-26(17-25)28(22(4)32)21(3)31(27)23-8-6-20(2)7-9-23/h6-11,17,24,33H,5,12-16,18-19H2,1-4H3. The molecule has 1 aliphatic rings. The van der Waals surface area contributed by atoms with Crippen LogP contribution in [0.2, 0.25) is 0 Å². The molecule has 0 aliphatic carbocycles. The van der Waals surface area contributed by atoms with E-state index in [4.69, 9.17) is 4.74 Å². The van der Waals surface area contributed by atoms with E-state index >= 15 is 0 Å². The van der Waals surface area contributed by atoms with E-state index in [0.29, 0.717) is 17.9 Å². The number of ketones is 1. The van der Waals surface area contributed by atoms with Gasteiger partial charge in [0.2, 0.25) is 0 Å². The van der Waals surface area contributed by atoms with Gasteiger partial charge in [-0.15, -0.1) is 0 Å². The Bertz CT molecular complexity index is 1130. The predicted octanol–water partition coefficient (Wildman–Crippen LogP) is 4.22. The van der Waals surface area contributed by atoms with E-state index in [0.717, 1.165) is 55.0 Å². The topological polar surface area (TPSA) is 57.9 Å². The Kier molecular flexibility index (Phi) is 7.71. The van der Waals surface area contributed by atoms with E-state index in [9.17, 15) is 9.90 Å². The summed E-state index contributed by atoms with van der Waals surface area (Å²) in [5.41, 5.74) is 4.84. The zero-order valence-electron chi connectivity index (χ0n) is 20.9. The van der Waals surface area contributed by atoms with Gasteiger partial charge in [0, 0.05) is 55.1 Å². The molecule has 1 aromatic heterocycles. The molecule has 4 rings (SSSR count). The number of ether oxygens (including phenoxy) is 1. The van der Waals surface area contributed by atoms with Crippen LogP contribution in [0, 0.1) is 13.8 Å². The molecule has 1 unspecified atom stereocenters. The molecule has 182 valence electrons. The molecule has 0 radical (unpaired) electrons. The van der Waals surface area contributed by atoms with E-state index < -0.39 is 6.10 Å². The minimum Gasteiger partial charge on any atom is -0.491 e. The summed E-state index contributed by atoms with van der Waals surface area (Å²) in [5, 5.41) is 11.4. The van der Waals surface area contributed by atoms with Crippen LogP contribution in [0.4, 0.5) is 0 Å². The molecule has 0 saturated carbocycles. The summed E-state index contributed by atoms with van der Waals surface area (Å²) in [6.45, 7) is 14.0. The van der Waals surface area contributed by atoms with Crippen molar-refractivity contribution in [2.24, 2.45) is 0 Å². The fourth-order valence-electron chi connectivity index (χ4n) is 5.01. The van der Waals surface area contributed by atoms with Gasteiger partial charge >= 0.3 is 0 Å². The minimum absolute atomic E-state index is 0.0350. The van der Waals surface area contributed by atoms with Crippen LogP contribution in [0.5, 0.6) is 5.75 Å². The van der Waals surface area contributed by atoms with E-state index in [1.54, 1.807) is 6.92 Å². The van der Waals surface area contributed by atoms with E-state index in [-0.39, 0.29) is 12.4 Å². The van der Waals surface area contributed by atoms with Gasteiger partial charge in [-0.1, -0.05) is 24.6 Å². The van der Waals surface area contributed by atoms with Crippen LogP contribution in [0.25, 0.3) is 16.6 Å². The van der Waals surface area contributed by atoms with Gasteiger partial charge in [-0.2, -0.15) is 0 Å². The third-order valence-corrected chi connectivity index (χ3v) is 6.74. The van der Waals surface area contributed by atoms with Gasteiger partial charge in [0.1, 0.15) is 18.5 Å². The molecule has 1 saturated heterocycles. The zero-order chi connectivity index (χ0) is 24.2. The molecule has 34 heavy (non-hydrogen) atoms. The molecule has 1 atom stereocenters. The largest absolute Gasteiger partial charge is 0.491 e. The molecule has 2 heterocycles. The molecular weight excluding hydrogens is 426 g/mol. The molecule has 2 aromatic carbocycles. The second kappa shape index (κ2) is 10.7. The Balaban J connectivity index is 1.47. The molecule has 0 bridgehead atoms. The maximum atomic E-state index is 12.5. The number of aliphatic hydroxyl groups is 1. The first-order valence-corrected chi connectivity index (χ1v) is 12.4. The molecule has 0 spiro atoms. The van der Waals surface area contributed by atoms with Gasteiger partial charge in [0.25, 0.3) is 0 Å². The SMILES string of the molecule is CCCN1CCN(CC(O)COc2ccc3c(c2)c(C(C)=O)c(C)n3-c2ccc(C)cc2)CC1. The minimum atomic E-state index is -0.556. The predicted molar refractivity (Wildman–Crippen MR) is 137 cm³/mol. The third kappa shape index (κ3) is 5.35. The van der Waals surface area contributed by atoms with Crippen molar-refractivity contribution < 1.29 is 14.6 Å². The molecule has 1 N–H and O–H groups in total. The first kappa shape index (κ1) is 24.5. The van der Waals surface area contributed by atoms with Crippen molar-refractivity contribution in [3.63, 3.8) is 0 Å². The maximum Gasteiger partial charge on any atom is 0.162 e. The number of aromatic nitrogens is 1. The van der Waals surface area contributed by atoms with Crippen molar-refractivity contribution in [2.75, 3.05) is 45.9 Å². The van der Waals surface area contributed by atoms with Crippen molar-refractivity contribution in [3.05, 3.63) is 59.3 Å². The van der Waals surface area contributed by atoms with Crippen molar-refractivity contribution in [1.29, 1.82) is 0 Å². The van der Waals surface area contributed by atoms with Crippen molar-refractivity contribution in [2.45, 2.75) is 40.2 Å². The van der Waals surface area contributed by atoms with Crippen LogP contribution in [0.3, 0.4) is 0 Å². The Morgan fingerprint density at radius 3 is 2.35 bits per heavy atom. The van der Waals surface area contributed by atoms with Crippen LogP contribution >= 0.6 is 0 Å². The number of rotatable bonds is 9. The molecule has 1 fully saturated rings. The molecule has 3 aromatic rings. The highest BCUT2D eigenvalue weighted by Crippen LogP contribution is 2.32. The Morgan fingerprint density at radius 1 is 1.03 bits per heavy atom. The number of piperazine rings is 1. The van der Waals surface area contributed by atoms with Crippen LogP contribution in [0.1, 0.15) is 41.9 Å². The van der Waals surface area contributed by atoms with Gasteiger partial charge < -0.3 is 19.3 Å². The molecular formula is C28H37N3O3. The van der Waals surface area contributed by atoms with Crippen LogP contribution < -0.4 is 4.74 Å². The number of β-amino-alcohol motifs (C(OH)–C–C–N with tert-alkyl or cyclic N) is 1. The normalized spacial score (nSPS) is 16.1. The fraction of sp³-hybridized carbons (Fsp3) is 0.464. The Labute approximate surface area is 202 Å². The maximum absolute atomic E-state index is 12.5. The summed E-state index contributed by atoms with van der Waals surface area (Å²) in [7, 11) is 0. The van der Waals surface area contributed by atoms with E-state index in [2.05, 4.69) is 52.5 Å². The molecule has 0 amide bonds. The van der Waals surface area contributed by atoms with Crippen molar-refractivity contribution in [3.8, 4) is 11.4 Å². The second-order valence-electron chi connectivity index (χ2n) is 9.47. The summed E-state index contributed by atoms with van der Waals surface area (Å²) >= 11 is 0. The lowest BCUT2D eigenvalue weighted by Crippen LogP contribution is -2.49.